The smallest absolute Gasteiger partial charge is 0.435 e. The van der Waals surface area contributed by atoms with Gasteiger partial charge in [-0.05, 0) is 17.7 Å². The predicted molar refractivity (Wildman–Crippen MR) is 81.2 cm³/mol. The summed E-state index contributed by atoms with van der Waals surface area (Å²) in [4.78, 5) is 12.3. The number of ketones is 1. The van der Waals surface area contributed by atoms with Crippen LogP contribution in [0.4, 0.5) is 17.6 Å². The topological polar surface area (TPSA) is 62.6 Å². The third kappa shape index (κ3) is 2.47. The lowest BCUT2D eigenvalue weighted by atomic mass is 10.1. The minimum absolute atomic E-state index is 0.181. The molecule has 2 heterocycles. The van der Waals surface area contributed by atoms with E-state index in [0.29, 0.717) is 11.3 Å². The van der Waals surface area contributed by atoms with Crippen LogP contribution in [0.5, 0.6) is 5.75 Å². The van der Waals surface area contributed by atoms with Crippen LogP contribution in [0.2, 0.25) is 0 Å². The van der Waals surface area contributed by atoms with E-state index in [-0.39, 0.29) is 6.54 Å². The van der Waals surface area contributed by atoms with Crippen molar-refractivity contribution in [3.05, 3.63) is 59.3 Å². The highest BCUT2D eigenvalue weighted by atomic mass is 19.4. The van der Waals surface area contributed by atoms with Crippen molar-refractivity contribution < 1.29 is 36.6 Å². The summed E-state index contributed by atoms with van der Waals surface area (Å²) in [5.74, 6) is -3.19. The molecule has 0 N–H and O–H groups in total. The number of hydrogen-bond acceptors (Lipinski definition) is 5. The van der Waals surface area contributed by atoms with Gasteiger partial charge in [-0.2, -0.15) is 18.3 Å². The molecule has 2 aliphatic rings. The maximum Gasteiger partial charge on any atom is 0.435 e. The molecule has 0 amide bonds. The van der Waals surface area contributed by atoms with Crippen molar-refractivity contribution in [2.75, 3.05) is 7.11 Å². The van der Waals surface area contributed by atoms with Gasteiger partial charge in [0.2, 0.25) is 6.17 Å². The number of carbonyl (C=O) groups excluding carboxylic acids is 1. The Morgan fingerprint density at radius 2 is 1.85 bits per heavy atom. The van der Waals surface area contributed by atoms with Crippen LogP contribution < -0.4 is 4.74 Å². The summed E-state index contributed by atoms with van der Waals surface area (Å²) in [7, 11) is 1.47. The minimum atomic E-state index is -4.93. The van der Waals surface area contributed by atoms with Gasteiger partial charge >= 0.3 is 12.0 Å². The molecular formula is C17H12F4N2O4. The molecule has 4 rings (SSSR count). The van der Waals surface area contributed by atoms with Crippen molar-refractivity contribution in [1.82, 2.24) is 9.78 Å². The Hall–Kier alpha value is -3.04. The Bertz CT molecular complexity index is 926. The fourth-order valence-corrected chi connectivity index (χ4v) is 3.20. The summed E-state index contributed by atoms with van der Waals surface area (Å²) in [6.07, 6.45) is -5.48. The summed E-state index contributed by atoms with van der Waals surface area (Å²) in [6.45, 7) is -0.181. The molecule has 0 bridgehead atoms. The molecule has 0 saturated carbocycles. The van der Waals surface area contributed by atoms with E-state index < -0.39 is 40.9 Å². The molecule has 0 saturated heterocycles. The molecule has 6 nitrogen and oxygen atoms in total. The van der Waals surface area contributed by atoms with E-state index in [0.717, 1.165) is 17.2 Å². The number of aromatic nitrogens is 2. The van der Waals surface area contributed by atoms with Crippen LogP contribution in [0, 0.1) is 0 Å². The first-order valence-corrected chi connectivity index (χ1v) is 7.78. The summed E-state index contributed by atoms with van der Waals surface area (Å²) in [5, 5.41) is 3.53. The third-order valence-electron chi connectivity index (χ3n) is 4.40. The van der Waals surface area contributed by atoms with E-state index in [9.17, 15) is 22.4 Å². The van der Waals surface area contributed by atoms with Crippen LogP contribution in [0.25, 0.3) is 0 Å². The monoisotopic (exact) mass is 384 g/mol. The van der Waals surface area contributed by atoms with E-state index in [2.05, 4.69) is 5.10 Å². The van der Waals surface area contributed by atoms with Crippen LogP contribution in [0.1, 0.15) is 28.7 Å². The summed E-state index contributed by atoms with van der Waals surface area (Å²) in [5.41, 5.74) is -2.14. The number of alkyl halides is 4. The lowest BCUT2D eigenvalue weighted by Crippen LogP contribution is -2.35. The first kappa shape index (κ1) is 17.4. The van der Waals surface area contributed by atoms with Crippen molar-refractivity contribution in [1.29, 1.82) is 0 Å². The lowest BCUT2D eigenvalue weighted by molar-refractivity contribution is -0.182. The standard InChI is InChI=1S/C17H12F4N2O4/c1-25-10-4-2-9(3-5-10)8-23-13-11(14(22-23)17(19,20)21)16(15(24)12(13)18)26-6-7-27-16/h2-7,12H,8H2,1H3. The maximum absolute atomic E-state index is 14.7. The number of hydrogen-bond donors (Lipinski definition) is 0. The Morgan fingerprint density at radius 3 is 2.41 bits per heavy atom. The normalized spacial score (nSPS) is 19.9. The highest BCUT2D eigenvalue weighted by Gasteiger charge is 2.64. The van der Waals surface area contributed by atoms with Crippen LogP contribution in [0.15, 0.2) is 36.8 Å². The second-order valence-electron chi connectivity index (χ2n) is 5.96. The van der Waals surface area contributed by atoms with Gasteiger partial charge < -0.3 is 14.2 Å². The zero-order chi connectivity index (χ0) is 19.4. The quantitative estimate of drug-likeness (QED) is 0.761. The Balaban J connectivity index is 1.84. The van der Waals surface area contributed by atoms with Crippen LogP contribution in [-0.4, -0.2) is 22.7 Å². The molecule has 27 heavy (non-hydrogen) atoms. The molecule has 1 aromatic carbocycles. The zero-order valence-corrected chi connectivity index (χ0v) is 13.8. The molecule has 0 fully saturated rings. The molecule has 10 heteroatoms. The van der Waals surface area contributed by atoms with Gasteiger partial charge in [0.25, 0.3) is 5.78 Å². The van der Waals surface area contributed by atoms with Gasteiger partial charge in [-0.25, -0.2) is 4.39 Å². The zero-order valence-electron chi connectivity index (χ0n) is 13.8. The van der Waals surface area contributed by atoms with Crippen molar-refractivity contribution in [2.45, 2.75) is 24.7 Å². The van der Waals surface area contributed by atoms with Crippen molar-refractivity contribution in [3.8, 4) is 5.75 Å². The number of benzene rings is 1. The highest BCUT2D eigenvalue weighted by molar-refractivity contribution is 5.97. The predicted octanol–water partition coefficient (Wildman–Crippen LogP) is 3.22. The van der Waals surface area contributed by atoms with E-state index in [1.807, 2.05) is 0 Å². The number of rotatable bonds is 3. The molecule has 1 spiro atoms. The Kier molecular flexibility index (Phi) is 3.69. The molecule has 1 aromatic heterocycles. The van der Waals surface area contributed by atoms with Gasteiger partial charge in [0, 0.05) is 0 Å². The number of carbonyl (C=O) groups is 1. The average Bonchev–Trinajstić information content (AvgIpc) is 3.30. The summed E-state index contributed by atoms with van der Waals surface area (Å²) in [6, 6.07) is 6.42. The Labute approximate surface area is 149 Å². The van der Waals surface area contributed by atoms with E-state index in [4.69, 9.17) is 14.2 Å². The molecule has 1 atom stereocenters. The molecular weight excluding hydrogens is 372 g/mol. The minimum Gasteiger partial charge on any atom is -0.497 e. The molecule has 1 aliphatic carbocycles. The SMILES string of the molecule is COc1ccc(Cn2nc(C(F)(F)F)c3c2C(F)C(=O)C32OC=CO2)cc1. The van der Waals surface area contributed by atoms with Gasteiger partial charge in [0.1, 0.15) is 23.8 Å². The van der Waals surface area contributed by atoms with Gasteiger partial charge in [0.05, 0.1) is 19.3 Å². The van der Waals surface area contributed by atoms with Crippen LogP contribution in [0.3, 0.4) is 0 Å². The maximum atomic E-state index is 14.7. The largest absolute Gasteiger partial charge is 0.497 e. The number of halogens is 4. The average molecular weight is 384 g/mol. The number of Topliss-reactive ketones (excluding diaryl/α,β-unsaturated/α-hetero) is 1. The van der Waals surface area contributed by atoms with Crippen LogP contribution in [-0.2, 0) is 32.8 Å². The highest BCUT2D eigenvalue weighted by Crippen LogP contribution is 2.52. The number of ether oxygens (including phenoxy) is 3. The van der Waals surface area contributed by atoms with Crippen molar-refractivity contribution in [3.63, 3.8) is 0 Å². The van der Waals surface area contributed by atoms with Gasteiger partial charge in [-0.1, -0.05) is 12.1 Å². The first-order valence-electron chi connectivity index (χ1n) is 7.78. The lowest BCUT2D eigenvalue weighted by Gasteiger charge is -2.21. The Morgan fingerprint density at radius 1 is 1.22 bits per heavy atom. The fraction of sp³-hybridized carbons (Fsp3) is 0.294. The third-order valence-corrected chi connectivity index (χ3v) is 4.40. The molecule has 1 unspecified atom stereocenters. The van der Waals surface area contributed by atoms with Gasteiger partial charge in [-0.3, -0.25) is 9.48 Å². The van der Waals surface area contributed by atoms with E-state index >= 15 is 0 Å². The summed E-state index contributed by atoms with van der Waals surface area (Å²) < 4.78 is 71.1. The second kappa shape index (κ2) is 5.73. The number of nitrogens with zero attached hydrogens (tertiary/aromatic N) is 2. The fourth-order valence-electron chi connectivity index (χ4n) is 3.20. The van der Waals surface area contributed by atoms with Crippen molar-refractivity contribution in [2.24, 2.45) is 0 Å². The van der Waals surface area contributed by atoms with E-state index in [1.165, 1.54) is 7.11 Å². The van der Waals surface area contributed by atoms with Crippen molar-refractivity contribution >= 4 is 5.78 Å². The first-order chi connectivity index (χ1) is 12.8. The van der Waals surface area contributed by atoms with Gasteiger partial charge in [-0.15, -0.1) is 0 Å². The number of fused-ring (bicyclic) bond motifs is 2. The molecule has 1 aliphatic heterocycles. The molecule has 2 aromatic rings. The summed E-state index contributed by atoms with van der Waals surface area (Å²) >= 11 is 0. The van der Waals surface area contributed by atoms with Gasteiger partial charge in [0.15, 0.2) is 5.69 Å². The second-order valence-corrected chi connectivity index (χ2v) is 5.96. The molecule has 0 radical (unpaired) electrons. The molecule has 142 valence electrons. The van der Waals surface area contributed by atoms with Crippen LogP contribution >= 0.6 is 0 Å². The number of methoxy groups -OCH3 is 1. The van der Waals surface area contributed by atoms with E-state index in [1.54, 1.807) is 24.3 Å².